The molecule has 0 heterocycles. The summed E-state index contributed by atoms with van der Waals surface area (Å²) < 4.78 is 29.7. The van der Waals surface area contributed by atoms with Crippen molar-refractivity contribution in [3.8, 4) is 5.75 Å². The average molecular weight is 271 g/mol. The summed E-state index contributed by atoms with van der Waals surface area (Å²) in [6, 6.07) is 5.62. The standard InChI is InChI=1S/C13H21NO3S/c1-13(2,3)10-7-8-12(17-5)11(9-10)14(4)18(6,15)16/h7-9H,1-6H3. The van der Waals surface area contributed by atoms with E-state index >= 15 is 0 Å². The van der Waals surface area contributed by atoms with Gasteiger partial charge < -0.3 is 4.74 Å². The average Bonchev–Trinajstić information content (AvgIpc) is 2.24. The minimum Gasteiger partial charge on any atom is -0.495 e. The summed E-state index contributed by atoms with van der Waals surface area (Å²) in [5.41, 5.74) is 1.58. The van der Waals surface area contributed by atoms with Crippen molar-refractivity contribution in [3.05, 3.63) is 23.8 Å². The number of benzene rings is 1. The fraction of sp³-hybridized carbons (Fsp3) is 0.538. The first-order valence-corrected chi connectivity index (χ1v) is 7.54. The maximum Gasteiger partial charge on any atom is 0.232 e. The van der Waals surface area contributed by atoms with Gasteiger partial charge in [-0.25, -0.2) is 8.42 Å². The predicted octanol–water partition coefficient (Wildman–Crippen LogP) is 2.39. The second-order valence-corrected chi connectivity index (χ2v) is 7.38. The van der Waals surface area contributed by atoms with Crippen LogP contribution in [-0.4, -0.2) is 28.8 Å². The summed E-state index contributed by atoms with van der Waals surface area (Å²) in [6.07, 6.45) is 1.18. The number of sulfonamides is 1. The second-order valence-electron chi connectivity index (χ2n) is 5.37. The van der Waals surface area contributed by atoms with E-state index < -0.39 is 10.0 Å². The zero-order valence-electron chi connectivity index (χ0n) is 11.8. The lowest BCUT2D eigenvalue weighted by molar-refractivity contribution is 0.415. The van der Waals surface area contributed by atoms with Crippen LogP contribution in [0.4, 0.5) is 5.69 Å². The number of methoxy groups -OCH3 is 1. The second kappa shape index (κ2) is 4.80. The fourth-order valence-corrected chi connectivity index (χ4v) is 2.08. The number of rotatable bonds is 3. The largest absolute Gasteiger partial charge is 0.495 e. The molecule has 0 unspecified atom stereocenters. The summed E-state index contributed by atoms with van der Waals surface area (Å²) in [7, 11) is -0.237. The Balaban J connectivity index is 3.40. The van der Waals surface area contributed by atoms with Crippen molar-refractivity contribution in [2.75, 3.05) is 24.7 Å². The third-order valence-electron chi connectivity index (χ3n) is 2.88. The molecule has 0 aliphatic rings. The van der Waals surface area contributed by atoms with Crippen LogP contribution in [-0.2, 0) is 15.4 Å². The van der Waals surface area contributed by atoms with Gasteiger partial charge in [-0.05, 0) is 23.1 Å². The van der Waals surface area contributed by atoms with E-state index in [0.29, 0.717) is 11.4 Å². The van der Waals surface area contributed by atoms with E-state index in [1.807, 2.05) is 12.1 Å². The van der Waals surface area contributed by atoms with Crippen LogP contribution in [0.2, 0.25) is 0 Å². The first-order valence-electron chi connectivity index (χ1n) is 5.70. The molecule has 5 heteroatoms. The van der Waals surface area contributed by atoms with E-state index in [1.54, 1.807) is 6.07 Å². The summed E-state index contributed by atoms with van der Waals surface area (Å²) in [5.74, 6) is 0.552. The zero-order valence-corrected chi connectivity index (χ0v) is 12.6. The topological polar surface area (TPSA) is 46.6 Å². The number of nitrogens with zero attached hydrogens (tertiary/aromatic N) is 1. The molecule has 0 aliphatic carbocycles. The molecule has 0 N–H and O–H groups in total. The number of hydrogen-bond acceptors (Lipinski definition) is 3. The van der Waals surface area contributed by atoms with Gasteiger partial charge in [-0.1, -0.05) is 26.8 Å². The Labute approximate surface area is 110 Å². The molecule has 4 nitrogen and oxygen atoms in total. The van der Waals surface area contributed by atoms with E-state index in [-0.39, 0.29) is 5.41 Å². The lowest BCUT2D eigenvalue weighted by atomic mass is 9.87. The third-order valence-corrected chi connectivity index (χ3v) is 4.07. The van der Waals surface area contributed by atoms with Crippen LogP contribution in [0.3, 0.4) is 0 Å². The number of ether oxygens (including phenoxy) is 1. The molecule has 0 fully saturated rings. The molecule has 0 saturated heterocycles. The lowest BCUT2D eigenvalue weighted by Crippen LogP contribution is -2.26. The van der Waals surface area contributed by atoms with Crippen LogP contribution in [0, 0.1) is 0 Å². The summed E-state index contributed by atoms with van der Waals surface area (Å²) in [5, 5.41) is 0. The Morgan fingerprint density at radius 3 is 2.17 bits per heavy atom. The van der Waals surface area contributed by atoms with Crippen molar-refractivity contribution in [2.24, 2.45) is 0 Å². The van der Waals surface area contributed by atoms with Crippen molar-refractivity contribution in [1.29, 1.82) is 0 Å². The molecule has 0 spiro atoms. The molecule has 1 aromatic rings. The first kappa shape index (κ1) is 14.8. The van der Waals surface area contributed by atoms with Crippen molar-refractivity contribution in [3.63, 3.8) is 0 Å². The van der Waals surface area contributed by atoms with Crippen molar-refractivity contribution >= 4 is 15.7 Å². The van der Waals surface area contributed by atoms with Crippen LogP contribution in [0.1, 0.15) is 26.3 Å². The zero-order chi connectivity index (χ0) is 14.1. The van der Waals surface area contributed by atoms with Crippen LogP contribution >= 0.6 is 0 Å². The van der Waals surface area contributed by atoms with E-state index in [9.17, 15) is 8.42 Å². The SMILES string of the molecule is COc1ccc(C(C)(C)C)cc1N(C)S(C)(=O)=O. The predicted molar refractivity (Wildman–Crippen MR) is 74.9 cm³/mol. The molecule has 1 rings (SSSR count). The van der Waals surface area contributed by atoms with Gasteiger partial charge >= 0.3 is 0 Å². The molecule has 0 radical (unpaired) electrons. The van der Waals surface area contributed by atoms with Crippen LogP contribution in [0.25, 0.3) is 0 Å². The van der Waals surface area contributed by atoms with Gasteiger partial charge in [-0.3, -0.25) is 4.31 Å². The van der Waals surface area contributed by atoms with Crippen molar-refractivity contribution < 1.29 is 13.2 Å². The quantitative estimate of drug-likeness (QED) is 0.848. The fourth-order valence-electron chi connectivity index (χ4n) is 1.58. The van der Waals surface area contributed by atoms with Gasteiger partial charge in [-0.2, -0.15) is 0 Å². The molecule has 102 valence electrons. The minimum absolute atomic E-state index is 0.0423. The molecule has 0 atom stereocenters. The summed E-state index contributed by atoms with van der Waals surface area (Å²) in [4.78, 5) is 0. The molecule has 18 heavy (non-hydrogen) atoms. The van der Waals surface area contributed by atoms with Gasteiger partial charge in [0.2, 0.25) is 10.0 Å². The van der Waals surface area contributed by atoms with E-state index in [1.165, 1.54) is 24.7 Å². The molecule has 0 saturated carbocycles. The molecule has 1 aromatic carbocycles. The highest BCUT2D eigenvalue weighted by atomic mass is 32.2. The minimum atomic E-state index is -3.30. The van der Waals surface area contributed by atoms with Crippen molar-refractivity contribution in [1.82, 2.24) is 0 Å². The highest BCUT2D eigenvalue weighted by Gasteiger charge is 2.21. The smallest absolute Gasteiger partial charge is 0.232 e. The van der Waals surface area contributed by atoms with Gasteiger partial charge in [0, 0.05) is 7.05 Å². The molecular formula is C13H21NO3S. The van der Waals surface area contributed by atoms with Gasteiger partial charge in [0.05, 0.1) is 19.1 Å². The first-order chi connectivity index (χ1) is 8.07. The summed E-state index contributed by atoms with van der Waals surface area (Å²) in [6.45, 7) is 6.25. The maximum atomic E-state index is 11.6. The Hall–Kier alpha value is -1.23. The van der Waals surface area contributed by atoms with Crippen molar-refractivity contribution in [2.45, 2.75) is 26.2 Å². The molecule has 0 aromatic heterocycles. The number of hydrogen-bond donors (Lipinski definition) is 0. The summed E-state index contributed by atoms with van der Waals surface area (Å²) >= 11 is 0. The van der Waals surface area contributed by atoms with Gasteiger partial charge in [0.15, 0.2) is 0 Å². The van der Waals surface area contributed by atoms with E-state index in [2.05, 4.69) is 20.8 Å². The molecular weight excluding hydrogens is 250 g/mol. The highest BCUT2D eigenvalue weighted by Crippen LogP contribution is 2.34. The lowest BCUT2D eigenvalue weighted by Gasteiger charge is -2.24. The Bertz CT molecular complexity index is 530. The third kappa shape index (κ3) is 3.16. The normalized spacial score (nSPS) is 12.3. The van der Waals surface area contributed by atoms with Gasteiger partial charge in [-0.15, -0.1) is 0 Å². The Morgan fingerprint density at radius 1 is 1.22 bits per heavy atom. The number of anilines is 1. The van der Waals surface area contributed by atoms with Gasteiger partial charge in [0.25, 0.3) is 0 Å². The monoisotopic (exact) mass is 271 g/mol. The maximum absolute atomic E-state index is 11.6. The van der Waals surface area contributed by atoms with Crippen LogP contribution in [0.5, 0.6) is 5.75 Å². The molecule has 0 bridgehead atoms. The Morgan fingerprint density at radius 2 is 1.78 bits per heavy atom. The highest BCUT2D eigenvalue weighted by molar-refractivity contribution is 7.92. The van der Waals surface area contributed by atoms with E-state index in [0.717, 1.165) is 5.56 Å². The van der Waals surface area contributed by atoms with E-state index in [4.69, 9.17) is 4.74 Å². The Kier molecular flexibility index (Phi) is 3.96. The van der Waals surface area contributed by atoms with Gasteiger partial charge in [0.1, 0.15) is 5.75 Å². The van der Waals surface area contributed by atoms with Crippen LogP contribution in [0.15, 0.2) is 18.2 Å². The molecule has 0 aliphatic heterocycles. The van der Waals surface area contributed by atoms with Crippen LogP contribution < -0.4 is 9.04 Å². The molecule has 0 amide bonds.